The number of rotatable bonds is 7. The van der Waals surface area contributed by atoms with Crippen molar-refractivity contribution in [3.05, 3.63) is 28.8 Å². The van der Waals surface area contributed by atoms with Crippen molar-refractivity contribution in [1.29, 1.82) is 0 Å². The average Bonchev–Trinajstić information content (AvgIpc) is 2.46. The molecule has 0 aromatic heterocycles. The number of carbonyl (C=O) groups excluding carboxylic acids is 1. The molecule has 1 aromatic rings. The third-order valence-electron chi connectivity index (χ3n) is 3.91. The van der Waals surface area contributed by atoms with E-state index in [9.17, 15) is 13.2 Å². The first-order valence-corrected chi connectivity index (χ1v) is 9.35. The van der Waals surface area contributed by atoms with Gasteiger partial charge in [-0.2, -0.15) is 0 Å². The number of aryl methyl sites for hydroxylation is 1. The van der Waals surface area contributed by atoms with E-state index in [2.05, 4.69) is 28.8 Å². The Hall–Kier alpha value is -1.44. The van der Waals surface area contributed by atoms with Crippen molar-refractivity contribution < 1.29 is 13.2 Å². The highest BCUT2D eigenvalue weighted by atomic mass is 32.2. The molecule has 0 heterocycles. The van der Waals surface area contributed by atoms with Crippen LogP contribution in [0.5, 0.6) is 0 Å². The zero-order valence-corrected chi connectivity index (χ0v) is 16.5. The fourth-order valence-corrected chi connectivity index (χ4v) is 3.75. The van der Waals surface area contributed by atoms with Crippen molar-refractivity contribution in [2.45, 2.75) is 32.6 Å². The Labute approximate surface area is 145 Å². The summed E-state index contributed by atoms with van der Waals surface area (Å²) in [4.78, 5) is 14.7. The third kappa shape index (κ3) is 5.29. The van der Waals surface area contributed by atoms with E-state index < -0.39 is 10.0 Å². The summed E-state index contributed by atoms with van der Waals surface area (Å²) in [5, 5.41) is 2.91. The molecule has 6 nitrogen and oxygen atoms in total. The fraction of sp³-hybridized carbons (Fsp3) is 0.588. The average molecular weight is 356 g/mol. The first-order chi connectivity index (χ1) is 10.9. The molecule has 0 saturated carbocycles. The van der Waals surface area contributed by atoms with Crippen LogP contribution in [0.2, 0.25) is 0 Å². The Kier molecular flexibility index (Phi) is 6.55. The first kappa shape index (κ1) is 20.6. The topological polar surface area (TPSA) is 78.5 Å². The van der Waals surface area contributed by atoms with E-state index in [1.54, 1.807) is 19.9 Å². The predicted octanol–water partition coefficient (Wildman–Crippen LogP) is 1.53. The second kappa shape index (κ2) is 7.63. The SMILES string of the molecule is CNS(=O)(=O)c1cc(C(=O)NCC(C)(C)CN(C)C)cc(C)c1C. The summed E-state index contributed by atoms with van der Waals surface area (Å²) in [5.74, 6) is -0.266. The van der Waals surface area contributed by atoms with Crippen LogP contribution >= 0.6 is 0 Å². The maximum atomic E-state index is 12.5. The molecule has 0 atom stereocenters. The summed E-state index contributed by atoms with van der Waals surface area (Å²) in [5.41, 5.74) is 1.68. The summed E-state index contributed by atoms with van der Waals surface area (Å²) >= 11 is 0. The molecular formula is C17H29N3O3S. The van der Waals surface area contributed by atoms with Crippen molar-refractivity contribution in [2.24, 2.45) is 5.41 Å². The molecule has 136 valence electrons. The number of benzene rings is 1. The van der Waals surface area contributed by atoms with Crippen LogP contribution in [-0.2, 0) is 10.0 Å². The summed E-state index contributed by atoms with van der Waals surface area (Å²) in [7, 11) is 1.73. The van der Waals surface area contributed by atoms with Gasteiger partial charge in [-0.1, -0.05) is 13.8 Å². The minimum Gasteiger partial charge on any atom is -0.351 e. The highest BCUT2D eigenvalue weighted by Gasteiger charge is 2.22. The van der Waals surface area contributed by atoms with Crippen LogP contribution in [0.3, 0.4) is 0 Å². The molecule has 0 aliphatic heterocycles. The maximum Gasteiger partial charge on any atom is 0.251 e. The van der Waals surface area contributed by atoms with Gasteiger partial charge in [0.1, 0.15) is 0 Å². The number of hydrogen-bond acceptors (Lipinski definition) is 4. The summed E-state index contributed by atoms with van der Waals surface area (Å²) in [6, 6.07) is 3.15. The van der Waals surface area contributed by atoms with Crippen LogP contribution in [0.15, 0.2) is 17.0 Å². The van der Waals surface area contributed by atoms with Gasteiger partial charge in [-0.05, 0) is 63.7 Å². The quantitative estimate of drug-likeness (QED) is 0.777. The summed E-state index contributed by atoms with van der Waals surface area (Å²) in [6.45, 7) is 9.03. The van der Waals surface area contributed by atoms with Gasteiger partial charge < -0.3 is 10.2 Å². The van der Waals surface area contributed by atoms with Gasteiger partial charge in [-0.3, -0.25) is 4.79 Å². The van der Waals surface area contributed by atoms with E-state index >= 15 is 0 Å². The smallest absolute Gasteiger partial charge is 0.251 e. The molecule has 0 aliphatic rings. The molecule has 1 rings (SSSR count). The zero-order chi connectivity index (χ0) is 18.7. The van der Waals surface area contributed by atoms with E-state index in [4.69, 9.17) is 0 Å². The predicted molar refractivity (Wildman–Crippen MR) is 96.8 cm³/mol. The lowest BCUT2D eigenvalue weighted by Crippen LogP contribution is -2.40. The van der Waals surface area contributed by atoms with Crippen molar-refractivity contribution in [3.63, 3.8) is 0 Å². The second-order valence-corrected chi connectivity index (χ2v) is 9.06. The number of sulfonamides is 1. The van der Waals surface area contributed by atoms with Crippen molar-refractivity contribution in [3.8, 4) is 0 Å². The van der Waals surface area contributed by atoms with Crippen LogP contribution in [0.25, 0.3) is 0 Å². The van der Waals surface area contributed by atoms with Gasteiger partial charge in [0, 0.05) is 18.7 Å². The molecule has 24 heavy (non-hydrogen) atoms. The lowest BCUT2D eigenvalue weighted by molar-refractivity contribution is 0.0929. The van der Waals surface area contributed by atoms with Gasteiger partial charge in [0.25, 0.3) is 5.91 Å². The highest BCUT2D eigenvalue weighted by Crippen LogP contribution is 2.21. The third-order valence-corrected chi connectivity index (χ3v) is 5.45. The number of amides is 1. The molecule has 1 aromatic carbocycles. The number of hydrogen-bond donors (Lipinski definition) is 2. The van der Waals surface area contributed by atoms with Crippen LogP contribution < -0.4 is 10.0 Å². The molecular weight excluding hydrogens is 326 g/mol. The summed E-state index contributed by atoms with van der Waals surface area (Å²) in [6.07, 6.45) is 0. The van der Waals surface area contributed by atoms with Gasteiger partial charge in [-0.15, -0.1) is 0 Å². The molecule has 0 bridgehead atoms. The van der Waals surface area contributed by atoms with Gasteiger partial charge in [-0.25, -0.2) is 13.1 Å². The van der Waals surface area contributed by atoms with Crippen molar-refractivity contribution in [2.75, 3.05) is 34.2 Å². The van der Waals surface area contributed by atoms with E-state index in [1.165, 1.54) is 13.1 Å². The minimum atomic E-state index is -3.60. The molecule has 0 spiro atoms. The van der Waals surface area contributed by atoms with E-state index in [0.717, 1.165) is 12.1 Å². The first-order valence-electron chi connectivity index (χ1n) is 7.87. The Morgan fingerprint density at radius 1 is 1.21 bits per heavy atom. The van der Waals surface area contributed by atoms with Gasteiger partial charge in [0.05, 0.1) is 4.90 Å². The zero-order valence-electron chi connectivity index (χ0n) is 15.6. The van der Waals surface area contributed by atoms with Crippen LogP contribution in [0.4, 0.5) is 0 Å². The van der Waals surface area contributed by atoms with E-state index in [-0.39, 0.29) is 16.2 Å². The molecule has 0 aliphatic carbocycles. The monoisotopic (exact) mass is 355 g/mol. The Morgan fingerprint density at radius 2 is 1.79 bits per heavy atom. The van der Waals surface area contributed by atoms with E-state index in [0.29, 0.717) is 17.7 Å². The Bertz CT molecular complexity index is 710. The molecule has 0 unspecified atom stereocenters. The molecule has 7 heteroatoms. The van der Waals surface area contributed by atoms with E-state index in [1.807, 2.05) is 14.1 Å². The van der Waals surface area contributed by atoms with Crippen LogP contribution in [-0.4, -0.2) is 53.5 Å². The normalized spacial score (nSPS) is 12.5. The largest absolute Gasteiger partial charge is 0.351 e. The van der Waals surface area contributed by atoms with Crippen LogP contribution in [0, 0.1) is 19.3 Å². The molecule has 1 amide bonds. The van der Waals surface area contributed by atoms with Crippen LogP contribution in [0.1, 0.15) is 35.3 Å². The fourth-order valence-electron chi connectivity index (χ4n) is 2.68. The van der Waals surface area contributed by atoms with Crippen molar-refractivity contribution in [1.82, 2.24) is 14.9 Å². The second-order valence-electron chi connectivity index (χ2n) is 7.21. The van der Waals surface area contributed by atoms with Gasteiger partial charge >= 0.3 is 0 Å². The molecule has 2 N–H and O–H groups in total. The molecule has 0 saturated heterocycles. The maximum absolute atomic E-state index is 12.5. The molecule has 0 radical (unpaired) electrons. The van der Waals surface area contributed by atoms with Gasteiger partial charge in [0.15, 0.2) is 0 Å². The lowest BCUT2D eigenvalue weighted by Gasteiger charge is -2.28. The molecule has 0 fully saturated rings. The minimum absolute atomic E-state index is 0.0845. The summed E-state index contributed by atoms with van der Waals surface area (Å²) < 4.78 is 26.6. The number of nitrogens with zero attached hydrogens (tertiary/aromatic N) is 1. The van der Waals surface area contributed by atoms with Crippen molar-refractivity contribution >= 4 is 15.9 Å². The van der Waals surface area contributed by atoms with Gasteiger partial charge in [0.2, 0.25) is 10.0 Å². The standard InChI is InChI=1S/C17H29N3O3S/c1-12-8-14(9-15(13(12)2)24(22,23)18-5)16(21)19-10-17(3,4)11-20(6)7/h8-9,18H,10-11H2,1-7H3,(H,19,21). The Morgan fingerprint density at radius 3 is 2.29 bits per heavy atom. The number of nitrogens with one attached hydrogen (secondary N) is 2. The lowest BCUT2D eigenvalue weighted by atomic mass is 9.93. The number of carbonyl (C=O) groups is 1. The Balaban J connectivity index is 3.05. The highest BCUT2D eigenvalue weighted by molar-refractivity contribution is 7.89.